The molecule has 0 fully saturated rings. The maximum absolute atomic E-state index is 12.2. The number of carbonyl (C=O) groups is 1. The predicted molar refractivity (Wildman–Crippen MR) is 77.3 cm³/mol. The number of nitrogens with zero attached hydrogens (tertiary/aromatic N) is 1. The molecule has 0 atom stereocenters. The number of hydrogen-bond acceptors (Lipinski definition) is 2. The molecular formula is C13H18INO2. The van der Waals surface area contributed by atoms with Crippen LogP contribution in [0, 0.1) is 3.57 Å². The SMILES string of the molecule is CCC(CC)N(C)C(=O)c1ccc(I)c(O)c1. The summed E-state index contributed by atoms with van der Waals surface area (Å²) in [6.07, 6.45) is 1.88. The lowest BCUT2D eigenvalue weighted by atomic mass is 10.1. The average molecular weight is 347 g/mol. The first-order valence-electron chi connectivity index (χ1n) is 5.76. The molecule has 0 saturated heterocycles. The zero-order valence-corrected chi connectivity index (χ0v) is 12.6. The van der Waals surface area contributed by atoms with Crippen LogP contribution in [0.25, 0.3) is 0 Å². The monoisotopic (exact) mass is 347 g/mol. The van der Waals surface area contributed by atoms with Crippen LogP contribution in [0.4, 0.5) is 0 Å². The van der Waals surface area contributed by atoms with Crippen LogP contribution in [0.15, 0.2) is 18.2 Å². The van der Waals surface area contributed by atoms with E-state index in [0.29, 0.717) is 5.56 Å². The van der Waals surface area contributed by atoms with Crippen LogP contribution in [0.5, 0.6) is 5.75 Å². The Balaban J connectivity index is 2.92. The summed E-state index contributed by atoms with van der Waals surface area (Å²) < 4.78 is 0.754. The number of aromatic hydroxyl groups is 1. The molecule has 1 amide bonds. The summed E-state index contributed by atoms with van der Waals surface area (Å²) in [6.45, 7) is 4.15. The molecule has 17 heavy (non-hydrogen) atoms. The number of benzene rings is 1. The highest BCUT2D eigenvalue weighted by Crippen LogP contribution is 2.22. The smallest absolute Gasteiger partial charge is 0.253 e. The van der Waals surface area contributed by atoms with Gasteiger partial charge in [0.25, 0.3) is 5.91 Å². The Kier molecular flexibility index (Phi) is 5.24. The summed E-state index contributed by atoms with van der Waals surface area (Å²) in [6, 6.07) is 5.29. The lowest BCUT2D eigenvalue weighted by Gasteiger charge is -2.26. The zero-order chi connectivity index (χ0) is 13.0. The van der Waals surface area contributed by atoms with Crippen molar-refractivity contribution in [3.8, 4) is 5.75 Å². The molecule has 0 aliphatic heterocycles. The highest BCUT2D eigenvalue weighted by atomic mass is 127. The van der Waals surface area contributed by atoms with Gasteiger partial charge in [0, 0.05) is 18.7 Å². The summed E-state index contributed by atoms with van der Waals surface area (Å²) >= 11 is 2.03. The van der Waals surface area contributed by atoms with Gasteiger partial charge in [-0.25, -0.2) is 0 Å². The van der Waals surface area contributed by atoms with Gasteiger partial charge in [-0.15, -0.1) is 0 Å². The molecule has 0 aromatic heterocycles. The lowest BCUT2D eigenvalue weighted by molar-refractivity contribution is 0.0723. The molecule has 1 rings (SSSR count). The van der Waals surface area contributed by atoms with Gasteiger partial charge in [0.1, 0.15) is 5.75 Å². The summed E-state index contributed by atoms with van der Waals surface area (Å²) in [5.74, 6) is 0.125. The number of hydrogen-bond donors (Lipinski definition) is 1. The van der Waals surface area contributed by atoms with E-state index >= 15 is 0 Å². The fraction of sp³-hybridized carbons (Fsp3) is 0.462. The van der Waals surface area contributed by atoms with Crippen molar-refractivity contribution in [2.24, 2.45) is 0 Å². The van der Waals surface area contributed by atoms with E-state index in [1.807, 2.05) is 29.6 Å². The van der Waals surface area contributed by atoms with Crippen LogP contribution in [0.1, 0.15) is 37.0 Å². The molecule has 0 aliphatic rings. The Labute approximate surface area is 116 Å². The third-order valence-corrected chi connectivity index (χ3v) is 3.92. The Morgan fingerprint density at radius 1 is 1.41 bits per heavy atom. The van der Waals surface area contributed by atoms with Gasteiger partial charge in [-0.2, -0.15) is 0 Å². The topological polar surface area (TPSA) is 40.5 Å². The van der Waals surface area contributed by atoms with Gasteiger partial charge in [0.2, 0.25) is 0 Å². The van der Waals surface area contributed by atoms with E-state index in [4.69, 9.17) is 0 Å². The predicted octanol–water partition coefficient (Wildman–Crippen LogP) is 3.26. The van der Waals surface area contributed by atoms with E-state index in [2.05, 4.69) is 13.8 Å². The minimum absolute atomic E-state index is 0.0367. The van der Waals surface area contributed by atoms with Crippen molar-refractivity contribution in [3.63, 3.8) is 0 Å². The first-order chi connectivity index (χ1) is 8.01. The van der Waals surface area contributed by atoms with Crippen LogP contribution in [0.2, 0.25) is 0 Å². The molecule has 0 heterocycles. The van der Waals surface area contributed by atoms with Crippen LogP contribution in [-0.4, -0.2) is 29.0 Å². The van der Waals surface area contributed by atoms with Gasteiger partial charge >= 0.3 is 0 Å². The Morgan fingerprint density at radius 3 is 2.47 bits per heavy atom. The molecule has 3 nitrogen and oxygen atoms in total. The second-order valence-corrected chi connectivity index (χ2v) is 5.21. The van der Waals surface area contributed by atoms with Crippen molar-refractivity contribution >= 4 is 28.5 Å². The maximum Gasteiger partial charge on any atom is 0.253 e. The average Bonchev–Trinajstić information content (AvgIpc) is 2.33. The number of carbonyl (C=O) groups excluding carboxylic acids is 1. The van der Waals surface area contributed by atoms with E-state index in [-0.39, 0.29) is 17.7 Å². The molecule has 1 aromatic carbocycles. The highest BCUT2D eigenvalue weighted by Gasteiger charge is 2.18. The number of halogens is 1. The van der Waals surface area contributed by atoms with Crippen molar-refractivity contribution in [1.82, 2.24) is 4.90 Å². The molecule has 94 valence electrons. The molecule has 0 radical (unpaired) electrons. The molecule has 0 aliphatic carbocycles. The molecule has 1 N–H and O–H groups in total. The quantitative estimate of drug-likeness (QED) is 0.850. The van der Waals surface area contributed by atoms with E-state index in [1.165, 1.54) is 6.07 Å². The Bertz CT molecular complexity index is 402. The normalized spacial score (nSPS) is 10.6. The molecule has 0 spiro atoms. The fourth-order valence-electron chi connectivity index (χ4n) is 1.85. The number of phenolic OH excluding ortho intramolecular Hbond substituents is 1. The van der Waals surface area contributed by atoms with E-state index in [0.717, 1.165) is 16.4 Å². The van der Waals surface area contributed by atoms with Gasteiger partial charge in [0.05, 0.1) is 3.57 Å². The van der Waals surface area contributed by atoms with Gasteiger partial charge in [-0.3, -0.25) is 4.79 Å². The molecular weight excluding hydrogens is 329 g/mol. The third-order valence-electron chi connectivity index (χ3n) is 3.00. The standard InChI is InChI=1S/C13H18INO2/c1-4-10(5-2)15(3)13(17)9-6-7-11(14)12(16)8-9/h6-8,10,16H,4-5H2,1-3H3. The first kappa shape index (κ1) is 14.3. The highest BCUT2D eigenvalue weighted by molar-refractivity contribution is 14.1. The largest absolute Gasteiger partial charge is 0.507 e. The third kappa shape index (κ3) is 3.34. The minimum atomic E-state index is -0.0367. The van der Waals surface area contributed by atoms with Gasteiger partial charge in [-0.05, 0) is 53.6 Å². The minimum Gasteiger partial charge on any atom is -0.507 e. The van der Waals surface area contributed by atoms with Crippen LogP contribution in [-0.2, 0) is 0 Å². The lowest BCUT2D eigenvalue weighted by Crippen LogP contribution is -2.36. The van der Waals surface area contributed by atoms with Crippen molar-refractivity contribution in [2.75, 3.05) is 7.05 Å². The van der Waals surface area contributed by atoms with Crippen molar-refractivity contribution in [1.29, 1.82) is 0 Å². The van der Waals surface area contributed by atoms with E-state index < -0.39 is 0 Å². The summed E-state index contributed by atoms with van der Waals surface area (Å²) in [5, 5.41) is 9.61. The van der Waals surface area contributed by atoms with Crippen molar-refractivity contribution < 1.29 is 9.90 Å². The first-order valence-corrected chi connectivity index (χ1v) is 6.84. The van der Waals surface area contributed by atoms with Crippen LogP contribution in [0.3, 0.4) is 0 Å². The fourth-order valence-corrected chi connectivity index (χ4v) is 2.19. The van der Waals surface area contributed by atoms with E-state index in [9.17, 15) is 9.90 Å². The summed E-state index contributed by atoms with van der Waals surface area (Å²) in [4.78, 5) is 13.9. The number of amides is 1. The maximum atomic E-state index is 12.2. The van der Waals surface area contributed by atoms with Gasteiger partial charge in [0.15, 0.2) is 0 Å². The molecule has 0 bridgehead atoms. The van der Waals surface area contributed by atoms with Crippen molar-refractivity contribution in [3.05, 3.63) is 27.3 Å². The molecule has 0 unspecified atom stereocenters. The second-order valence-electron chi connectivity index (χ2n) is 4.05. The number of phenols is 1. The van der Waals surface area contributed by atoms with E-state index in [1.54, 1.807) is 17.0 Å². The molecule has 0 saturated carbocycles. The Morgan fingerprint density at radius 2 is 2.00 bits per heavy atom. The Hall–Kier alpha value is -0.780. The van der Waals surface area contributed by atoms with Gasteiger partial charge in [-0.1, -0.05) is 13.8 Å². The molecule has 1 aromatic rings. The van der Waals surface area contributed by atoms with Crippen LogP contribution >= 0.6 is 22.6 Å². The summed E-state index contributed by atoms with van der Waals surface area (Å²) in [7, 11) is 1.81. The van der Waals surface area contributed by atoms with Gasteiger partial charge < -0.3 is 10.0 Å². The zero-order valence-electron chi connectivity index (χ0n) is 10.4. The number of rotatable bonds is 4. The van der Waals surface area contributed by atoms with Crippen molar-refractivity contribution in [2.45, 2.75) is 32.7 Å². The second kappa shape index (κ2) is 6.23. The summed E-state index contributed by atoms with van der Waals surface area (Å²) in [5.41, 5.74) is 0.539. The molecule has 4 heteroatoms. The van der Waals surface area contributed by atoms with Crippen LogP contribution < -0.4 is 0 Å².